The lowest BCUT2D eigenvalue weighted by Gasteiger charge is -2.04. The van der Waals surface area contributed by atoms with Gasteiger partial charge in [0.2, 0.25) is 5.95 Å². The van der Waals surface area contributed by atoms with Gasteiger partial charge < -0.3 is 11.2 Å². The number of nitrogens with two attached hydrogens (primary N) is 2. The number of hydrazine groups is 1. The van der Waals surface area contributed by atoms with E-state index in [1.807, 2.05) is 0 Å². The molecule has 1 heterocycles. The van der Waals surface area contributed by atoms with Gasteiger partial charge in [0, 0.05) is 18.1 Å². The highest BCUT2D eigenvalue weighted by atomic mass is 32.2. The number of hydrogen-bond donors (Lipinski definition) is 3. The van der Waals surface area contributed by atoms with Gasteiger partial charge in [-0.1, -0.05) is 0 Å². The first-order chi connectivity index (χ1) is 7.40. The summed E-state index contributed by atoms with van der Waals surface area (Å²) in [7, 11) is -2.96. The van der Waals surface area contributed by atoms with Gasteiger partial charge in [-0.05, 0) is 0 Å². The quantitative estimate of drug-likeness (QED) is 0.280. The molecule has 90 valence electrons. The summed E-state index contributed by atoms with van der Waals surface area (Å²) < 4.78 is 21.8. The van der Waals surface area contributed by atoms with E-state index in [2.05, 4.69) is 15.4 Å². The Morgan fingerprint density at radius 3 is 2.75 bits per heavy atom. The van der Waals surface area contributed by atoms with E-state index < -0.39 is 9.84 Å². The molecule has 0 radical (unpaired) electrons. The Balaban J connectivity index is 2.63. The second-order valence-corrected chi connectivity index (χ2v) is 6.45. The van der Waals surface area contributed by atoms with Crippen molar-refractivity contribution >= 4 is 33.4 Å². The Kier molecular flexibility index (Phi) is 4.33. The molecule has 16 heavy (non-hydrogen) atoms. The molecular weight excluding hydrogens is 250 g/mol. The van der Waals surface area contributed by atoms with Crippen molar-refractivity contribution in [1.29, 1.82) is 0 Å². The van der Waals surface area contributed by atoms with Crippen molar-refractivity contribution in [2.75, 3.05) is 28.9 Å². The number of sulfone groups is 1. The second-order valence-electron chi connectivity index (χ2n) is 3.07. The minimum atomic E-state index is -2.96. The lowest BCUT2D eigenvalue weighted by atomic mass is 10.6. The number of nitrogen functional groups attached to an aromatic ring is 2. The van der Waals surface area contributed by atoms with Crippen LogP contribution in [0.2, 0.25) is 0 Å². The zero-order chi connectivity index (χ0) is 12.2. The van der Waals surface area contributed by atoms with Crippen molar-refractivity contribution in [1.82, 2.24) is 9.97 Å². The van der Waals surface area contributed by atoms with E-state index >= 15 is 0 Å². The van der Waals surface area contributed by atoms with E-state index in [1.54, 1.807) is 6.07 Å². The maximum Gasteiger partial charge on any atom is 0.223 e. The molecule has 0 aliphatic rings. The number of rotatable bonds is 5. The van der Waals surface area contributed by atoms with Gasteiger partial charge >= 0.3 is 0 Å². The van der Waals surface area contributed by atoms with Crippen molar-refractivity contribution < 1.29 is 8.42 Å². The summed E-state index contributed by atoms with van der Waals surface area (Å²) in [5, 5.41) is 0.587. The number of aromatic nitrogens is 2. The molecule has 1 aromatic heterocycles. The maximum absolute atomic E-state index is 10.9. The van der Waals surface area contributed by atoms with Crippen LogP contribution in [0.1, 0.15) is 0 Å². The fraction of sp³-hybridized carbons (Fsp3) is 0.429. The fourth-order valence-corrected chi connectivity index (χ4v) is 2.99. The topological polar surface area (TPSA) is 124 Å². The molecule has 0 saturated carbocycles. The molecule has 0 aliphatic heterocycles. The van der Waals surface area contributed by atoms with Crippen molar-refractivity contribution in [3.05, 3.63) is 6.07 Å². The minimum absolute atomic E-state index is 0.0902. The third-order valence-corrected chi connectivity index (χ3v) is 3.69. The molecule has 1 rings (SSSR count). The zero-order valence-corrected chi connectivity index (χ0v) is 10.3. The van der Waals surface area contributed by atoms with Crippen LogP contribution in [0, 0.1) is 0 Å². The highest BCUT2D eigenvalue weighted by molar-refractivity contribution is 8.00. The third kappa shape index (κ3) is 4.64. The molecule has 0 aliphatic carbocycles. The van der Waals surface area contributed by atoms with Gasteiger partial charge in [-0.25, -0.2) is 19.2 Å². The molecule has 7 nitrogen and oxygen atoms in total. The Morgan fingerprint density at radius 2 is 2.19 bits per heavy atom. The van der Waals surface area contributed by atoms with Crippen LogP contribution in [0.15, 0.2) is 11.1 Å². The van der Waals surface area contributed by atoms with E-state index in [-0.39, 0.29) is 11.7 Å². The Morgan fingerprint density at radius 1 is 1.50 bits per heavy atom. The normalized spacial score (nSPS) is 11.4. The molecule has 0 spiro atoms. The van der Waals surface area contributed by atoms with Crippen LogP contribution in [0.4, 0.5) is 11.8 Å². The molecule has 9 heteroatoms. The fourth-order valence-electron chi connectivity index (χ4n) is 0.888. The van der Waals surface area contributed by atoms with Crippen LogP contribution in [0.3, 0.4) is 0 Å². The maximum atomic E-state index is 10.9. The molecule has 0 amide bonds. The van der Waals surface area contributed by atoms with Gasteiger partial charge in [0.15, 0.2) is 0 Å². The molecule has 0 atom stereocenters. The predicted molar refractivity (Wildman–Crippen MR) is 64.7 cm³/mol. The predicted octanol–water partition coefficient (Wildman–Crippen LogP) is -0.519. The van der Waals surface area contributed by atoms with Crippen LogP contribution in [0.5, 0.6) is 0 Å². The van der Waals surface area contributed by atoms with Crippen molar-refractivity contribution in [3.8, 4) is 0 Å². The number of hydrogen-bond acceptors (Lipinski definition) is 8. The lowest BCUT2D eigenvalue weighted by molar-refractivity contribution is 0.603. The molecule has 0 bridgehead atoms. The number of anilines is 2. The Labute approximate surface area is 97.9 Å². The highest BCUT2D eigenvalue weighted by Gasteiger charge is 2.05. The molecule has 5 N–H and O–H groups in total. The van der Waals surface area contributed by atoms with Crippen LogP contribution >= 0.6 is 11.8 Å². The molecule has 0 fully saturated rings. The lowest BCUT2D eigenvalue weighted by Crippen LogP contribution is -2.11. The molecular formula is C7H13N5O2S2. The van der Waals surface area contributed by atoms with Crippen molar-refractivity contribution in [2.45, 2.75) is 5.03 Å². The monoisotopic (exact) mass is 263 g/mol. The number of thioether (sulfide) groups is 1. The van der Waals surface area contributed by atoms with E-state index in [0.717, 1.165) is 0 Å². The second kappa shape index (κ2) is 5.32. The Hall–Kier alpha value is -1.06. The summed E-state index contributed by atoms with van der Waals surface area (Å²) in [5.74, 6) is 6.18. The smallest absolute Gasteiger partial charge is 0.223 e. The van der Waals surface area contributed by atoms with E-state index in [0.29, 0.717) is 16.6 Å². The third-order valence-electron chi connectivity index (χ3n) is 1.57. The van der Waals surface area contributed by atoms with Crippen molar-refractivity contribution in [3.63, 3.8) is 0 Å². The highest BCUT2D eigenvalue weighted by Crippen LogP contribution is 2.19. The van der Waals surface area contributed by atoms with Gasteiger partial charge in [-0.3, -0.25) is 0 Å². The first-order valence-electron chi connectivity index (χ1n) is 4.32. The SMILES string of the molecule is CS(=O)(=O)CCSc1cc(NN)nc(N)n1. The first kappa shape index (κ1) is 13.0. The number of nitrogens with zero attached hydrogens (tertiary/aromatic N) is 2. The standard InChI is InChI=1S/C7H13N5O2S2/c1-16(13,14)3-2-15-6-4-5(12-9)10-7(8)11-6/h4H,2-3,9H2,1H3,(H3,8,10,11,12). The minimum Gasteiger partial charge on any atom is -0.368 e. The van der Waals surface area contributed by atoms with Crippen molar-refractivity contribution in [2.24, 2.45) is 5.84 Å². The largest absolute Gasteiger partial charge is 0.368 e. The van der Waals surface area contributed by atoms with Crippen LogP contribution in [-0.4, -0.2) is 36.1 Å². The molecule has 0 unspecified atom stereocenters. The van der Waals surface area contributed by atoms with Gasteiger partial charge in [0.05, 0.1) is 5.75 Å². The van der Waals surface area contributed by atoms with Gasteiger partial charge in [0.1, 0.15) is 20.7 Å². The van der Waals surface area contributed by atoms with Gasteiger partial charge in [0.25, 0.3) is 0 Å². The summed E-state index contributed by atoms with van der Waals surface area (Å²) in [6.07, 6.45) is 1.19. The first-order valence-corrected chi connectivity index (χ1v) is 7.37. The number of nitrogens with one attached hydrogen (secondary N) is 1. The van der Waals surface area contributed by atoms with Gasteiger partial charge in [-0.15, -0.1) is 11.8 Å². The summed E-state index contributed by atoms with van der Waals surface area (Å²) in [5.41, 5.74) is 7.80. The Bertz CT molecular complexity index is 462. The average molecular weight is 263 g/mol. The zero-order valence-electron chi connectivity index (χ0n) is 8.67. The molecule has 0 saturated heterocycles. The van der Waals surface area contributed by atoms with Gasteiger partial charge in [-0.2, -0.15) is 4.98 Å². The van der Waals surface area contributed by atoms with Crippen LogP contribution < -0.4 is 17.0 Å². The molecule has 1 aromatic rings. The van der Waals surface area contributed by atoms with Crippen LogP contribution in [-0.2, 0) is 9.84 Å². The summed E-state index contributed by atoms with van der Waals surface area (Å²) in [6.45, 7) is 0. The van der Waals surface area contributed by atoms with E-state index in [1.165, 1.54) is 18.0 Å². The summed E-state index contributed by atoms with van der Waals surface area (Å²) >= 11 is 1.29. The average Bonchev–Trinajstić information content (AvgIpc) is 2.14. The van der Waals surface area contributed by atoms with Crippen LogP contribution in [0.25, 0.3) is 0 Å². The molecule has 0 aromatic carbocycles. The van der Waals surface area contributed by atoms with E-state index in [9.17, 15) is 8.42 Å². The summed E-state index contributed by atoms with van der Waals surface area (Å²) in [6, 6.07) is 1.60. The summed E-state index contributed by atoms with van der Waals surface area (Å²) in [4.78, 5) is 7.75. The van der Waals surface area contributed by atoms with E-state index in [4.69, 9.17) is 11.6 Å².